The van der Waals surface area contributed by atoms with E-state index in [0.717, 1.165) is 5.56 Å². The lowest BCUT2D eigenvalue weighted by atomic mass is 9.88. The molecule has 1 amide bonds. The molecular formula is C11H15N5O. The van der Waals surface area contributed by atoms with Crippen LogP contribution in [0.5, 0.6) is 0 Å². The number of nitrogens with one attached hydrogen (secondary N) is 1. The zero-order valence-electron chi connectivity index (χ0n) is 10.1. The van der Waals surface area contributed by atoms with E-state index < -0.39 is 0 Å². The number of hydrogen-bond acceptors (Lipinski definition) is 3. The molecule has 0 aromatic carbocycles. The number of pyridine rings is 1. The molecule has 17 heavy (non-hydrogen) atoms. The van der Waals surface area contributed by atoms with Crippen molar-refractivity contribution in [3.63, 3.8) is 0 Å². The fourth-order valence-corrected chi connectivity index (χ4v) is 1.24. The van der Waals surface area contributed by atoms with Crippen molar-refractivity contribution >= 4 is 11.7 Å². The van der Waals surface area contributed by atoms with Gasteiger partial charge in [-0.25, -0.2) is 4.98 Å². The van der Waals surface area contributed by atoms with Gasteiger partial charge in [0.25, 0.3) is 0 Å². The first-order valence-corrected chi connectivity index (χ1v) is 5.21. The zero-order valence-corrected chi connectivity index (χ0v) is 10.1. The molecule has 0 saturated heterocycles. The molecule has 6 heteroatoms. The molecule has 90 valence electrons. The number of nitrogens with zero attached hydrogens (tertiary/aromatic N) is 4. The Morgan fingerprint density at radius 2 is 2.29 bits per heavy atom. The van der Waals surface area contributed by atoms with E-state index in [-0.39, 0.29) is 17.9 Å². The maximum Gasteiger partial charge on any atom is 0.231 e. The summed E-state index contributed by atoms with van der Waals surface area (Å²) in [5, 5.41) is 5.75. The molecule has 1 N–H and O–H groups in total. The molecule has 0 fully saturated rings. The lowest BCUT2D eigenvalue weighted by Gasteiger charge is -2.19. The van der Waals surface area contributed by atoms with Crippen molar-refractivity contribution < 1.29 is 4.79 Å². The number of aromatic nitrogens is 1. The Morgan fingerprint density at radius 3 is 2.88 bits per heavy atom. The average Bonchev–Trinajstić information content (AvgIpc) is 2.25. The van der Waals surface area contributed by atoms with Gasteiger partial charge in [0, 0.05) is 11.1 Å². The smallest absolute Gasteiger partial charge is 0.231 e. The third-order valence-corrected chi connectivity index (χ3v) is 2.17. The third kappa shape index (κ3) is 4.12. The van der Waals surface area contributed by atoms with E-state index >= 15 is 0 Å². The molecule has 6 nitrogen and oxygen atoms in total. The molecule has 0 bridgehead atoms. The van der Waals surface area contributed by atoms with Crippen molar-refractivity contribution in [3.8, 4) is 0 Å². The number of carbonyl (C=O) groups excluding carboxylic acids is 1. The van der Waals surface area contributed by atoms with Gasteiger partial charge in [-0.1, -0.05) is 25.9 Å². The monoisotopic (exact) mass is 233 g/mol. The van der Waals surface area contributed by atoms with E-state index in [9.17, 15) is 4.79 Å². The molecule has 0 spiro atoms. The highest BCUT2D eigenvalue weighted by atomic mass is 16.1. The second-order valence-corrected chi connectivity index (χ2v) is 4.62. The minimum Gasteiger partial charge on any atom is -0.311 e. The summed E-state index contributed by atoms with van der Waals surface area (Å²) in [6, 6.07) is 3.72. The summed E-state index contributed by atoms with van der Waals surface area (Å²) in [5.41, 5.74) is 9.16. The summed E-state index contributed by atoms with van der Waals surface area (Å²) in [5.74, 6) is 0.0944. The summed E-state index contributed by atoms with van der Waals surface area (Å²) in [4.78, 5) is 17.9. The van der Waals surface area contributed by atoms with Crippen LogP contribution in [-0.2, 0) is 10.2 Å². The van der Waals surface area contributed by atoms with Crippen molar-refractivity contribution in [2.45, 2.75) is 26.2 Å². The quantitative estimate of drug-likeness (QED) is 0.494. The predicted octanol–water partition coefficient (Wildman–Crippen LogP) is 2.63. The van der Waals surface area contributed by atoms with E-state index in [4.69, 9.17) is 5.53 Å². The summed E-state index contributed by atoms with van der Waals surface area (Å²) >= 11 is 0. The van der Waals surface area contributed by atoms with Crippen molar-refractivity contribution in [2.75, 3.05) is 11.9 Å². The van der Waals surface area contributed by atoms with Crippen LogP contribution in [0.25, 0.3) is 10.4 Å². The van der Waals surface area contributed by atoms with Crippen LogP contribution in [0.2, 0.25) is 0 Å². The van der Waals surface area contributed by atoms with Crippen LogP contribution in [0, 0.1) is 0 Å². The van der Waals surface area contributed by atoms with E-state index in [1.54, 1.807) is 6.20 Å². The van der Waals surface area contributed by atoms with Gasteiger partial charge < -0.3 is 5.32 Å². The molecule has 0 atom stereocenters. The van der Waals surface area contributed by atoms with Crippen LogP contribution in [0.4, 0.5) is 5.82 Å². The van der Waals surface area contributed by atoms with Crippen molar-refractivity contribution in [1.82, 2.24) is 4.98 Å². The number of hydrogen-bond donors (Lipinski definition) is 1. The Morgan fingerprint density at radius 1 is 1.59 bits per heavy atom. The minimum atomic E-state index is -0.374. The number of carbonyl (C=O) groups is 1. The zero-order chi connectivity index (χ0) is 12.9. The average molecular weight is 233 g/mol. The van der Waals surface area contributed by atoms with Gasteiger partial charge in [0.1, 0.15) is 12.4 Å². The number of rotatable bonds is 3. The molecule has 0 unspecified atom stereocenters. The highest BCUT2D eigenvalue weighted by Gasteiger charge is 2.14. The van der Waals surface area contributed by atoms with Crippen LogP contribution >= 0.6 is 0 Å². The van der Waals surface area contributed by atoms with Crippen LogP contribution in [0.1, 0.15) is 26.3 Å². The molecule has 1 heterocycles. The van der Waals surface area contributed by atoms with Crippen LogP contribution in [0.15, 0.2) is 23.4 Å². The maximum absolute atomic E-state index is 11.3. The summed E-state index contributed by atoms with van der Waals surface area (Å²) < 4.78 is 0. The van der Waals surface area contributed by atoms with Gasteiger partial charge in [0.2, 0.25) is 5.91 Å². The van der Waals surface area contributed by atoms with Crippen molar-refractivity contribution in [3.05, 3.63) is 34.3 Å². The van der Waals surface area contributed by atoms with Gasteiger partial charge in [0.15, 0.2) is 0 Å². The van der Waals surface area contributed by atoms with E-state index in [2.05, 4.69) is 41.1 Å². The number of azide groups is 1. The van der Waals surface area contributed by atoms with Crippen LogP contribution < -0.4 is 5.32 Å². The molecule has 0 radical (unpaired) electrons. The summed E-state index contributed by atoms with van der Waals surface area (Å²) in [6.07, 6.45) is 1.64. The van der Waals surface area contributed by atoms with Crippen LogP contribution in [-0.4, -0.2) is 17.4 Å². The van der Waals surface area contributed by atoms with Gasteiger partial charge in [-0.2, -0.15) is 0 Å². The Kier molecular flexibility index (Phi) is 4.06. The Balaban J connectivity index is 2.79. The molecule has 1 aromatic rings. The van der Waals surface area contributed by atoms with E-state index in [0.29, 0.717) is 5.82 Å². The lowest BCUT2D eigenvalue weighted by Crippen LogP contribution is -2.17. The van der Waals surface area contributed by atoms with Gasteiger partial charge in [0.05, 0.1) is 0 Å². The second-order valence-electron chi connectivity index (χ2n) is 4.62. The first-order chi connectivity index (χ1) is 7.93. The topological polar surface area (TPSA) is 90.8 Å². The predicted molar refractivity (Wildman–Crippen MR) is 65.6 cm³/mol. The fraction of sp³-hybridized carbons (Fsp3) is 0.455. The number of anilines is 1. The molecule has 0 aliphatic rings. The van der Waals surface area contributed by atoms with E-state index in [1.807, 2.05) is 12.1 Å². The fourth-order valence-electron chi connectivity index (χ4n) is 1.24. The molecular weight excluding hydrogens is 218 g/mol. The maximum atomic E-state index is 11.3. The van der Waals surface area contributed by atoms with Crippen molar-refractivity contribution in [2.24, 2.45) is 5.11 Å². The summed E-state index contributed by atoms with van der Waals surface area (Å²) in [6.45, 7) is 6.01. The molecule has 0 saturated carbocycles. The molecule has 0 aliphatic heterocycles. The molecule has 0 aliphatic carbocycles. The third-order valence-electron chi connectivity index (χ3n) is 2.17. The second kappa shape index (κ2) is 5.32. The highest BCUT2D eigenvalue weighted by molar-refractivity contribution is 5.91. The Bertz CT molecular complexity index is 457. The first-order valence-electron chi connectivity index (χ1n) is 5.21. The first kappa shape index (κ1) is 13.0. The van der Waals surface area contributed by atoms with Gasteiger partial charge >= 0.3 is 0 Å². The van der Waals surface area contributed by atoms with Gasteiger partial charge in [-0.3, -0.25) is 4.79 Å². The molecule has 1 aromatic heterocycles. The van der Waals surface area contributed by atoms with Gasteiger partial charge in [-0.05, 0) is 28.6 Å². The number of amides is 1. The Labute approximate surface area is 99.7 Å². The van der Waals surface area contributed by atoms with Crippen LogP contribution in [0.3, 0.4) is 0 Å². The normalized spacial score (nSPS) is 10.5. The van der Waals surface area contributed by atoms with Crippen molar-refractivity contribution in [1.29, 1.82) is 0 Å². The lowest BCUT2D eigenvalue weighted by molar-refractivity contribution is -0.114. The largest absolute Gasteiger partial charge is 0.311 e. The SMILES string of the molecule is CC(C)(C)c1ccnc(NC(=O)CN=[N+]=[N-])c1. The molecule has 1 rings (SSSR count). The highest BCUT2D eigenvalue weighted by Crippen LogP contribution is 2.23. The van der Waals surface area contributed by atoms with Gasteiger partial charge in [-0.15, -0.1) is 0 Å². The standard InChI is InChI=1S/C11H15N5O/c1-11(2,3)8-4-5-13-9(6-8)15-10(17)7-14-16-12/h4-6H,7H2,1-3H3,(H,13,15,17). The Hall–Kier alpha value is -2.07. The van der Waals surface area contributed by atoms with E-state index in [1.165, 1.54) is 0 Å². The minimum absolute atomic E-state index is 0.00672. The summed E-state index contributed by atoms with van der Waals surface area (Å²) in [7, 11) is 0.